The van der Waals surface area contributed by atoms with Gasteiger partial charge in [-0.05, 0) is 29.5 Å². The molecule has 0 spiro atoms. The predicted octanol–water partition coefficient (Wildman–Crippen LogP) is 4.49. The van der Waals surface area contributed by atoms with Gasteiger partial charge in [-0.3, -0.25) is 9.59 Å². The Labute approximate surface area is 192 Å². The van der Waals surface area contributed by atoms with Gasteiger partial charge in [0, 0.05) is 28.9 Å². The van der Waals surface area contributed by atoms with Gasteiger partial charge in [0.2, 0.25) is 0 Å². The fourth-order valence-corrected chi connectivity index (χ4v) is 5.28. The van der Waals surface area contributed by atoms with Crippen LogP contribution in [-0.2, 0) is 4.79 Å². The zero-order valence-corrected chi connectivity index (χ0v) is 20.1. The number of nitrogens with one attached hydrogen (secondary N) is 2. The summed E-state index contributed by atoms with van der Waals surface area (Å²) in [6, 6.07) is 5.53. The van der Waals surface area contributed by atoms with E-state index < -0.39 is 5.92 Å². The van der Waals surface area contributed by atoms with Crippen molar-refractivity contribution in [1.82, 2.24) is 9.97 Å². The normalized spacial score (nSPS) is 19.3. The highest BCUT2D eigenvalue weighted by atomic mass is 32.2. The molecule has 0 fully saturated rings. The van der Waals surface area contributed by atoms with Crippen LogP contribution in [0.25, 0.3) is 0 Å². The molecule has 0 saturated heterocycles. The fourth-order valence-electron chi connectivity index (χ4n) is 4.54. The molecule has 0 saturated carbocycles. The molecule has 0 radical (unpaired) electrons. The van der Waals surface area contributed by atoms with Crippen molar-refractivity contribution in [2.24, 2.45) is 5.41 Å². The highest BCUT2D eigenvalue weighted by Gasteiger charge is 2.42. The Hall–Kier alpha value is -2.74. The maximum absolute atomic E-state index is 13.3. The van der Waals surface area contributed by atoms with Crippen molar-refractivity contribution in [3.63, 3.8) is 0 Å². The number of rotatable bonds is 5. The minimum absolute atomic E-state index is 0.0502. The van der Waals surface area contributed by atoms with E-state index >= 15 is 0 Å². The number of ether oxygens (including phenoxy) is 2. The molecule has 32 heavy (non-hydrogen) atoms. The van der Waals surface area contributed by atoms with Crippen LogP contribution in [0.4, 0.5) is 5.82 Å². The quantitative estimate of drug-likeness (QED) is 0.507. The number of carbonyl (C=O) groups is 1. The first-order chi connectivity index (χ1) is 15.1. The van der Waals surface area contributed by atoms with Gasteiger partial charge in [0.25, 0.3) is 5.56 Å². The van der Waals surface area contributed by atoms with E-state index in [0.717, 1.165) is 11.3 Å². The Morgan fingerprint density at radius 2 is 1.84 bits per heavy atom. The maximum Gasteiger partial charge on any atom is 0.257 e. The molecular weight excluding hydrogens is 426 g/mol. The third kappa shape index (κ3) is 4.03. The van der Waals surface area contributed by atoms with Crippen LogP contribution in [0, 0.1) is 5.41 Å². The van der Waals surface area contributed by atoms with E-state index in [-0.39, 0.29) is 22.0 Å². The lowest BCUT2D eigenvalue weighted by Crippen LogP contribution is -2.37. The number of benzene rings is 1. The lowest BCUT2D eigenvalue weighted by molar-refractivity contribution is -0.118. The van der Waals surface area contributed by atoms with Crippen molar-refractivity contribution in [3.05, 3.63) is 50.9 Å². The Bertz CT molecular complexity index is 1170. The maximum atomic E-state index is 13.3. The molecule has 170 valence electrons. The first kappa shape index (κ1) is 22.5. The highest BCUT2D eigenvalue weighted by molar-refractivity contribution is 7.99. The summed E-state index contributed by atoms with van der Waals surface area (Å²) in [6.07, 6.45) is 1.14. The number of carbonyl (C=O) groups excluding carboxylic acids is 1. The van der Waals surface area contributed by atoms with Gasteiger partial charge in [0.1, 0.15) is 5.82 Å². The number of nitrogens with zero attached hydrogens (tertiary/aromatic N) is 1. The molecule has 1 aliphatic heterocycles. The van der Waals surface area contributed by atoms with E-state index in [1.807, 2.05) is 26.0 Å². The van der Waals surface area contributed by atoms with Gasteiger partial charge < -0.3 is 19.8 Å². The van der Waals surface area contributed by atoms with Crippen LogP contribution in [0.2, 0.25) is 0 Å². The number of allylic oxidation sites excluding steroid dienone is 2. The number of aromatic nitrogens is 2. The molecule has 7 nitrogen and oxygen atoms in total. The molecule has 2 N–H and O–H groups in total. The van der Waals surface area contributed by atoms with Gasteiger partial charge in [-0.2, -0.15) is 0 Å². The summed E-state index contributed by atoms with van der Waals surface area (Å²) < 4.78 is 10.9. The van der Waals surface area contributed by atoms with Crippen LogP contribution >= 0.6 is 11.8 Å². The van der Waals surface area contributed by atoms with E-state index in [1.54, 1.807) is 20.3 Å². The Morgan fingerprint density at radius 1 is 1.12 bits per heavy atom. The Morgan fingerprint density at radius 3 is 2.50 bits per heavy atom. The topological polar surface area (TPSA) is 93.3 Å². The smallest absolute Gasteiger partial charge is 0.257 e. The molecule has 0 amide bonds. The number of fused-ring (bicyclic) bond motifs is 1. The van der Waals surface area contributed by atoms with E-state index in [9.17, 15) is 9.59 Å². The van der Waals surface area contributed by atoms with Crippen LogP contribution < -0.4 is 20.3 Å². The molecule has 2 aliphatic rings. The summed E-state index contributed by atoms with van der Waals surface area (Å²) >= 11 is 1.50. The first-order valence-electron chi connectivity index (χ1n) is 10.7. The molecule has 0 bridgehead atoms. The van der Waals surface area contributed by atoms with E-state index in [0.29, 0.717) is 46.5 Å². The van der Waals surface area contributed by atoms with Gasteiger partial charge in [-0.15, -0.1) is 0 Å². The van der Waals surface area contributed by atoms with Crippen LogP contribution in [0.15, 0.2) is 39.4 Å². The van der Waals surface area contributed by atoms with Crippen LogP contribution in [-0.4, -0.2) is 35.2 Å². The first-order valence-corrected chi connectivity index (χ1v) is 11.6. The van der Waals surface area contributed by atoms with Crippen molar-refractivity contribution >= 4 is 23.4 Å². The van der Waals surface area contributed by atoms with Crippen LogP contribution in [0.1, 0.15) is 57.6 Å². The minimum atomic E-state index is -0.529. The predicted molar refractivity (Wildman–Crippen MR) is 126 cm³/mol. The van der Waals surface area contributed by atoms with Crippen molar-refractivity contribution in [3.8, 4) is 11.5 Å². The van der Waals surface area contributed by atoms with Crippen LogP contribution in [0.5, 0.6) is 11.5 Å². The number of aromatic amines is 1. The molecule has 1 aliphatic carbocycles. The summed E-state index contributed by atoms with van der Waals surface area (Å²) in [6.45, 7) is 8.27. The molecule has 1 aromatic carbocycles. The third-order valence-electron chi connectivity index (χ3n) is 5.79. The number of hydrogen-bond acceptors (Lipinski definition) is 7. The SMILES string of the molecule is COc1ccc([C@H]2C3=C(CC(C)(C)CC3=O)Nc3nc(SC(C)C)[nH]c(=O)c32)cc1OC. The van der Waals surface area contributed by atoms with Crippen molar-refractivity contribution < 1.29 is 14.3 Å². The van der Waals surface area contributed by atoms with Gasteiger partial charge in [0.15, 0.2) is 22.4 Å². The number of Topliss-reactive ketones (excluding diaryl/α,β-unsaturated/α-hetero) is 1. The fraction of sp³-hybridized carbons (Fsp3) is 0.458. The average Bonchev–Trinajstić information content (AvgIpc) is 2.70. The second-order valence-electron chi connectivity index (χ2n) is 9.31. The summed E-state index contributed by atoms with van der Waals surface area (Å²) in [5.41, 5.74) is 2.33. The second-order valence-corrected chi connectivity index (χ2v) is 10.9. The summed E-state index contributed by atoms with van der Waals surface area (Å²) in [5.74, 6) is 1.17. The van der Waals surface area contributed by atoms with Gasteiger partial charge >= 0.3 is 0 Å². The molecule has 1 aromatic heterocycles. The third-order valence-corrected chi connectivity index (χ3v) is 6.68. The molecule has 2 aromatic rings. The van der Waals surface area contributed by atoms with Crippen molar-refractivity contribution in [2.45, 2.75) is 56.9 Å². The van der Waals surface area contributed by atoms with E-state index in [2.05, 4.69) is 24.1 Å². The standard InChI is InChI=1S/C24H29N3O4S/c1-12(2)32-23-26-21-20(22(29)27-23)18(13-7-8-16(30-5)17(9-13)31-6)19-14(25-21)10-24(3,4)11-15(19)28/h7-9,12,18H,10-11H2,1-6H3,(H2,25,26,27,29)/t18-/m0/s1. The van der Waals surface area contributed by atoms with Gasteiger partial charge in [-0.25, -0.2) is 4.98 Å². The summed E-state index contributed by atoms with van der Waals surface area (Å²) in [4.78, 5) is 34.3. The average molecular weight is 456 g/mol. The molecule has 0 unspecified atom stereocenters. The van der Waals surface area contributed by atoms with Gasteiger partial charge in [-0.1, -0.05) is 45.5 Å². The van der Waals surface area contributed by atoms with Crippen molar-refractivity contribution in [2.75, 3.05) is 19.5 Å². The summed E-state index contributed by atoms with van der Waals surface area (Å²) in [7, 11) is 3.15. The zero-order chi connectivity index (χ0) is 23.2. The Kier molecular flexibility index (Phi) is 5.83. The van der Waals surface area contributed by atoms with E-state index in [1.165, 1.54) is 11.8 Å². The second kappa shape index (κ2) is 8.31. The van der Waals surface area contributed by atoms with Crippen LogP contribution in [0.3, 0.4) is 0 Å². The Balaban J connectivity index is 1.95. The molecule has 1 atom stereocenters. The number of ketones is 1. The molecule has 4 rings (SSSR count). The summed E-state index contributed by atoms with van der Waals surface area (Å²) in [5, 5.41) is 4.18. The van der Waals surface area contributed by atoms with Gasteiger partial charge in [0.05, 0.1) is 19.8 Å². The molecular formula is C24H29N3O4S. The van der Waals surface area contributed by atoms with Crippen molar-refractivity contribution in [1.29, 1.82) is 0 Å². The lowest BCUT2D eigenvalue weighted by Gasteiger charge is -2.38. The van der Waals surface area contributed by atoms with E-state index in [4.69, 9.17) is 14.5 Å². The molecule has 8 heteroatoms. The lowest BCUT2D eigenvalue weighted by atomic mass is 9.69. The minimum Gasteiger partial charge on any atom is -0.493 e. The largest absolute Gasteiger partial charge is 0.493 e. The number of methoxy groups -OCH3 is 2. The highest BCUT2D eigenvalue weighted by Crippen LogP contribution is 2.48. The zero-order valence-electron chi connectivity index (χ0n) is 19.3. The number of thioether (sulfide) groups is 1. The number of hydrogen-bond donors (Lipinski definition) is 2. The molecule has 2 heterocycles. The number of H-pyrrole nitrogens is 1. The monoisotopic (exact) mass is 455 g/mol. The number of anilines is 1.